The number of aryl methyl sites for hydroxylation is 1. The molecule has 1 heterocycles. The minimum atomic E-state index is -3.55. The zero-order valence-electron chi connectivity index (χ0n) is 18.6. The van der Waals surface area contributed by atoms with Crippen LogP contribution in [0.2, 0.25) is 0 Å². The number of anilines is 1. The van der Waals surface area contributed by atoms with Gasteiger partial charge in [-0.05, 0) is 47.7 Å². The van der Waals surface area contributed by atoms with Crippen LogP contribution < -0.4 is 19.1 Å². The fourth-order valence-electron chi connectivity index (χ4n) is 3.32. The molecule has 1 N–H and O–H groups in total. The number of fused-ring (bicyclic) bond motifs is 1. The fourth-order valence-corrected chi connectivity index (χ4v) is 4.23. The van der Waals surface area contributed by atoms with Crippen molar-refractivity contribution in [2.24, 2.45) is 0 Å². The van der Waals surface area contributed by atoms with E-state index in [4.69, 9.17) is 9.47 Å². The van der Waals surface area contributed by atoms with Crippen molar-refractivity contribution in [3.63, 3.8) is 0 Å². The maximum Gasteiger partial charge on any atom is 0.263 e. The Hall–Kier alpha value is -2.74. The van der Waals surface area contributed by atoms with E-state index in [-0.39, 0.29) is 24.4 Å². The molecule has 2 aromatic rings. The molecule has 31 heavy (non-hydrogen) atoms. The van der Waals surface area contributed by atoms with Gasteiger partial charge in [0.1, 0.15) is 18.1 Å². The first-order valence-electron chi connectivity index (χ1n) is 10.2. The van der Waals surface area contributed by atoms with Gasteiger partial charge in [-0.25, -0.2) is 8.42 Å². The van der Waals surface area contributed by atoms with Gasteiger partial charge in [-0.2, -0.15) is 0 Å². The molecule has 1 aliphatic heterocycles. The van der Waals surface area contributed by atoms with E-state index < -0.39 is 16.1 Å². The zero-order valence-corrected chi connectivity index (χ0v) is 19.5. The smallest absolute Gasteiger partial charge is 0.263 e. The summed E-state index contributed by atoms with van der Waals surface area (Å²) in [7, 11) is -3.55. The van der Waals surface area contributed by atoms with Crippen molar-refractivity contribution in [3.05, 3.63) is 53.6 Å². The van der Waals surface area contributed by atoms with Gasteiger partial charge >= 0.3 is 0 Å². The average molecular weight is 447 g/mol. The largest absolute Gasteiger partial charge is 0.492 e. The fraction of sp³-hybridized carbons (Fsp3) is 0.435. The van der Waals surface area contributed by atoms with E-state index in [9.17, 15) is 13.2 Å². The van der Waals surface area contributed by atoms with Gasteiger partial charge in [0.2, 0.25) is 10.0 Å². The van der Waals surface area contributed by atoms with Crippen molar-refractivity contribution >= 4 is 21.6 Å². The summed E-state index contributed by atoms with van der Waals surface area (Å²) in [5.74, 6) is 0.716. The third kappa shape index (κ3) is 5.70. The van der Waals surface area contributed by atoms with Crippen LogP contribution in [0.15, 0.2) is 42.5 Å². The van der Waals surface area contributed by atoms with Crippen LogP contribution in [-0.4, -0.2) is 46.4 Å². The molecule has 1 atom stereocenters. The first-order chi connectivity index (χ1) is 14.4. The van der Waals surface area contributed by atoms with Crippen LogP contribution in [0.3, 0.4) is 0 Å². The molecule has 0 spiro atoms. The highest BCUT2D eigenvalue weighted by Gasteiger charge is 2.34. The van der Waals surface area contributed by atoms with E-state index in [1.807, 2.05) is 37.3 Å². The predicted molar refractivity (Wildman–Crippen MR) is 121 cm³/mol. The van der Waals surface area contributed by atoms with Crippen molar-refractivity contribution in [2.45, 2.75) is 39.2 Å². The molecule has 0 aromatic heterocycles. The quantitative estimate of drug-likeness (QED) is 0.690. The number of benzene rings is 2. The monoisotopic (exact) mass is 446 g/mol. The lowest BCUT2D eigenvalue weighted by molar-refractivity contribution is -0.127. The summed E-state index contributed by atoms with van der Waals surface area (Å²) in [6.45, 7) is 8.81. The number of carbonyl (C=O) groups is 1. The molecule has 1 aliphatic rings. The lowest BCUT2D eigenvalue weighted by Crippen LogP contribution is -2.51. The van der Waals surface area contributed by atoms with Crippen LogP contribution >= 0.6 is 0 Å². The van der Waals surface area contributed by atoms with Gasteiger partial charge in [-0.1, -0.05) is 39.0 Å². The summed E-state index contributed by atoms with van der Waals surface area (Å²) in [5, 5.41) is 2.76. The van der Waals surface area contributed by atoms with Crippen LogP contribution in [-0.2, 0) is 20.2 Å². The molecule has 0 radical (unpaired) electrons. The topological polar surface area (TPSA) is 84.9 Å². The highest BCUT2D eigenvalue weighted by molar-refractivity contribution is 7.92. The summed E-state index contributed by atoms with van der Waals surface area (Å²) in [4.78, 5) is 12.6. The van der Waals surface area contributed by atoms with Gasteiger partial charge in [-0.15, -0.1) is 0 Å². The zero-order chi connectivity index (χ0) is 22.8. The van der Waals surface area contributed by atoms with E-state index in [2.05, 4.69) is 26.1 Å². The van der Waals surface area contributed by atoms with E-state index in [1.54, 1.807) is 12.1 Å². The van der Waals surface area contributed by atoms with Gasteiger partial charge in [-0.3, -0.25) is 9.10 Å². The number of sulfonamides is 1. The summed E-state index contributed by atoms with van der Waals surface area (Å²) in [5.41, 5.74) is 2.65. The van der Waals surface area contributed by atoms with Crippen LogP contribution in [0.4, 0.5) is 5.69 Å². The molecule has 7 nitrogen and oxygen atoms in total. The SMILES string of the molecule is Cc1ccc2c(c1)N(S(C)(=O)=O)C[C@@H](C(=O)NCCOc1ccc(C(C)(C)C)cc1)O2. The van der Waals surface area contributed by atoms with Crippen LogP contribution in [0.5, 0.6) is 11.5 Å². The van der Waals surface area contributed by atoms with Gasteiger partial charge in [0.05, 0.1) is 25.0 Å². The molecular formula is C23H30N2O5S. The number of hydrogen-bond acceptors (Lipinski definition) is 5. The summed E-state index contributed by atoms with van der Waals surface area (Å²) in [6.07, 6.45) is 0.189. The number of nitrogens with zero attached hydrogens (tertiary/aromatic N) is 1. The second kappa shape index (κ2) is 8.78. The predicted octanol–water partition coefficient (Wildman–Crippen LogP) is 3.01. The number of ether oxygens (including phenoxy) is 2. The van der Waals surface area contributed by atoms with Crippen molar-refractivity contribution in [3.8, 4) is 11.5 Å². The Labute approximate surface area is 184 Å². The van der Waals surface area contributed by atoms with Gasteiger partial charge in [0, 0.05) is 0 Å². The first-order valence-corrected chi connectivity index (χ1v) is 12.1. The van der Waals surface area contributed by atoms with Crippen molar-refractivity contribution in [2.75, 3.05) is 30.3 Å². The van der Waals surface area contributed by atoms with Gasteiger partial charge < -0.3 is 14.8 Å². The lowest BCUT2D eigenvalue weighted by atomic mass is 9.87. The van der Waals surface area contributed by atoms with E-state index in [0.29, 0.717) is 18.0 Å². The highest BCUT2D eigenvalue weighted by Crippen LogP contribution is 2.35. The third-order valence-corrected chi connectivity index (χ3v) is 6.21. The number of amides is 1. The molecule has 0 fully saturated rings. The van der Waals surface area contributed by atoms with E-state index in [0.717, 1.165) is 17.6 Å². The van der Waals surface area contributed by atoms with Crippen LogP contribution in [0.25, 0.3) is 0 Å². The Balaban J connectivity index is 1.56. The van der Waals surface area contributed by atoms with Gasteiger partial charge in [0.15, 0.2) is 6.10 Å². The molecule has 0 bridgehead atoms. The normalized spacial score (nSPS) is 16.3. The molecule has 0 unspecified atom stereocenters. The average Bonchev–Trinajstić information content (AvgIpc) is 2.69. The molecule has 2 aromatic carbocycles. The molecule has 1 amide bonds. The maximum absolute atomic E-state index is 12.6. The second-order valence-electron chi connectivity index (χ2n) is 8.79. The molecule has 8 heteroatoms. The van der Waals surface area contributed by atoms with Crippen LogP contribution in [0, 0.1) is 6.92 Å². The maximum atomic E-state index is 12.6. The number of hydrogen-bond donors (Lipinski definition) is 1. The third-order valence-electron chi connectivity index (χ3n) is 5.07. The summed E-state index contributed by atoms with van der Waals surface area (Å²) < 4.78 is 37.2. The molecule has 3 rings (SSSR count). The summed E-state index contributed by atoms with van der Waals surface area (Å²) >= 11 is 0. The Kier molecular flexibility index (Phi) is 6.50. The Morgan fingerprint density at radius 3 is 2.48 bits per heavy atom. The van der Waals surface area contributed by atoms with Crippen LogP contribution in [0.1, 0.15) is 31.9 Å². The lowest BCUT2D eigenvalue weighted by Gasteiger charge is -2.34. The molecule has 0 saturated heterocycles. The van der Waals surface area contributed by atoms with E-state index in [1.165, 1.54) is 9.87 Å². The Morgan fingerprint density at radius 1 is 1.19 bits per heavy atom. The molecule has 168 valence electrons. The Bertz CT molecular complexity index is 1040. The highest BCUT2D eigenvalue weighted by atomic mass is 32.2. The number of rotatable bonds is 6. The summed E-state index contributed by atoms with van der Waals surface area (Å²) in [6, 6.07) is 13.1. The standard InChI is InChI=1S/C23H30N2O5S/c1-16-6-11-20-19(14-16)25(31(5,27)28)15-21(30-20)22(26)24-12-13-29-18-9-7-17(8-10-18)23(2,3)4/h6-11,14,21H,12-13,15H2,1-5H3,(H,24,26)/t21-/m0/s1. The van der Waals surface area contributed by atoms with E-state index >= 15 is 0 Å². The molecule has 0 saturated carbocycles. The minimum Gasteiger partial charge on any atom is -0.492 e. The van der Waals surface area contributed by atoms with Gasteiger partial charge in [0.25, 0.3) is 5.91 Å². The van der Waals surface area contributed by atoms with Crippen molar-refractivity contribution in [1.29, 1.82) is 0 Å². The van der Waals surface area contributed by atoms with Crippen molar-refractivity contribution < 1.29 is 22.7 Å². The van der Waals surface area contributed by atoms with Crippen molar-refractivity contribution in [1.82, 2.24) is 5.32 Å². The number of carbonyl (C=O) groups excluding carboxylic acids is 1. The minimum absolute atomic E-state index is 0.0731. The second-order valence-corrected chi connectivity index (χ2v) is 10.7. The first kappa shape index (κ1) is 22.9. The molecular weight excluding hydrogens is 416 g/mol. The number of nitrogens with one attached hydrogen (secondary N) is 1. The Morgan fingerprint density at radius 2 is 1.87 bits per heavy atom. The molecule has 0 aliphatic carbocycles.